The van der Waals surface area contributed by atoms with Crippen molar-refractivity contribution in [2.75, 3.05) is 18.1 Å². The summed E-state index contributed by atoms with van der Waals surface area (Å²) in [6.07, 6.45) is 4.57. The van der Waals surface area contributed by atoms with Gasteiger partial charge in [0.15, 0.2) is 0 Å². The van der Waals surface area contributed by atoms with E-state index in [9.17, 15) is 4.79 Å². The smallest absolute Gasteiger partial charge is 0.416 e. The largest absolute Gasteiger partial charge is 0.447 e. The molecule has 1 saturated heterocycles. The molecule has 6 nitrogen and oxygen atoms in total. The van der Waals surface area contributed by atoms with Gasteiger partial charge in [-0.2, -0.15) is 0 Å². The molecule has 1 fully saturated rings. The highest BCUT2D eigenvalue weighted by molar-refractivity contribution is 6.33. The number of rotatable bonds is 3. The van der Waals surface area contributed by atoms with E-state index in [1.54, 1.807) is 18.5 Å². The fraction of sp³-hybridized carbons (Fsp3) is 0.294. The zero-order chi connectivity index (χ0) is 16.7. The fourth-order valence-electron chi connectivity index (χ4n) is 3.03. The van der Waals surface area contributed by atoms with Gasteiger partial charge in [0.05, 0.1) is 17.9 Å². The van der Waals surface area contributed by atoms with Gasteiger partial charge in [-0.15, -0.1) is 0 Å². The Morgan fingerprint density at radius 3 is 3.00 bits per heavy atom. The molecule has 1 aliphatic heterocycles. The lowest BCUT2D eigenvalue weighted by Gasteiger charge is -2.12. The summed E-state index contributed by atoms with van der Waals surface area (Å²) in [4.78, 5) is 26.3. The number of allylic oxidation sites excluding steroid dienone is 2. The number of fused-ring (bicyclic) bond motifs is 1. The van der Waals surface area contributed by atoms with Gasteiger partial charge in [-0.25, -0.2) is 19.7 Å². The highest BCUT2D eigenvalue weighted by Crippen LogP contribution is 2.37. The maximum absolute atomic E-state index is 11.7. The maximum atomic E-state index is 11.7. The molecule has 7 heteroatoms. The van der Waals surface area contributed by atoms with Crippen molar-refractivity contribution in [3.05, 3.63) is 40.8 Å². The first-order valence-corrected chi connectivity index (χ1v) is 8.19. The molecule has 122 valence electrons. The van der Waals surface area contributed by atoms with Gasteiger partial charge in [0.1, 0.15) is 6.61 Å². The molecular formula is C17H15ClN4O2. The minimum Gasteiger partial charge on any atom is -0.447 e. The van der Waals surface area contributed by atoms with Crippen LogP contribution < -0.4 is 4.90 Å². The Hall–Kier alpha value is -2.47. The molecule has 0 atom stereocenters. The van der Waals surface area contributed by atoms with E-state index in [1.807, 2.05) is 0 Å². The third kappa shape index (κ3) is 2.43. The first-order valence-electron chi connectivity index (χ1n) is 7.82. The Labute approximate surface area is 144 Å². The lowest BCUT2D eigenvalue weighted by atomic mass is 10.0. The van der Waals surface area contributed by atoms with E-state index in [4.69, 9.17) is 16.3 Å². The van der Waals surface area contributed by atoms with Crippen molar-refractivity contribution in [3.8, 4) is 11.3 Å². The van der Waals surface area contributed by atoms with Gasteiger partial charge < -0.3 is 4.74 Å². The number of nitrogens with zero attached hydrogens (tertiary/aromatic N) is 4. The normalized spacial score (nSPS) is 16.6. The van der Waals surface area contributed by atoms with E-state index in [-0.39, 0.29) is 0 Å². The number of hydrogen-bond donors (Lipinski definition) is 0. The second-order valence-electron chi connectivity index (χ2n) is 5.64. The Morgan fingerprint density at radius 1 is 1.38 bits per heavy atom. The Bertz CT molecular complexity index is 865. The average Bonchev–Trinajstić information content (AvgIpc) is 3.16. The van der Waals surface area contributed by atoms with Gasteiger partial charge in [0.25, 0.3) is 0 Å². The summed E-state index contributed by atoms with van der Waals surface area (Å²) in [6, 6.07) is 3.87. The number of ether oxygens (including phenoxy) is 1. The average molecular weight is 343 g/mol. The van der Waals surface area contributed by atoms with E-state index < -0.39 is 6.09 Å². The van der Waals surface area contributed by atoms with Gasteiger partial charge in [-0.05, 0) is 24.1 Å². The molecule has 0 bridgehead atoms. The molecular weight excluding hydrogens is 328 g/mol. The summed E-state index contributed by atoms with van der Waals surface area (Å²) in [6.45, 7) is 2.90. The van der Waals surface area contributed by atoms with E-state index >= 15 is 0 Å². The van der Waals surface area contributed by atoms with Gasteiger partial charge in [-0.1, -0.05) is 18.5 Å². The zero-order valence-corrected chi connectivity index (χ0v) is 13.9. The molecule has 1 amide bonds. The number of carbonyl (C=O) groups is 1. The molecule has 0 N–H and O–H groups in total. The van der Waals surface area contributed by atoms with Crippen LogP contribution in [-0.4, -0.2) is 34.2 Å². The molecule has 0 spiro atoms. The van der Waals surface area contributed by atoms with Crippen LogP contribution in [0.3, 0.4) is 0 Å². The lowest BCUT2D eigenvalue weighted by Crippen LogP contribution is -2.25. The number of anilines is 1. The van der Waals surface area contributed by atoms with Crippen molar-refractivity contribution in [2.45, 2.75) is 19.8 Å². The Kier molecular flexibility index (Phi) is 3.69. The Balaban J connectivity index is 1.73. The zero-order valence-electron chi connectivity index (χ0n) is 13.1. The quantitative estimate of drug-likeness (QED) is 0.855. The predicted octanol–water partition coefficient (Wildman–Crippen LogP) is 3.41. The van der Waals surface area contributed by atoms with Crippen molar-refractivity contribution in [1.29, 1.82) is 0 Å². The SMILES string of the molecule is CCC1=C(Cl)Cc2ncc(-c3ccnc(N4CCOC4=O)n3)cc21. The molecule has 3 heterocycles. The summed E-state index contributed by atoms with van der Waals surface area (Å²) in [7, 11) is 0. The van der Waals surface area contributed by atoms with Crippen LogP contribution >= 0.6 is 11.6 Å². The van der Waals surface area contributed by atoms with Crippen molar-refractivity contribution in [1.82, 2.24) is 15.0 Å². The molecule has 1 aliphatic carbocycles. The maximum Gasteiger partial charge on any atom is 0.416 e. The second-order valence-corrected chi connectivity index (χ2v) is 6.10. The minimum absolute atomic E-state index is 0.347. The number of carbonyl (C=O) groups excluding carboxylic acids is 1. The Morgan fingerprint density at radius 2 is 2.25 bits per heavy atom. The summed E-state index contributed by atoms with van der Waals surface area (Å²) >= 11 is 6.33. The van der Waals surface area contributed by atoms with Crippen molar-refractivity contribution < 1.29 is 9.53 Å². The monoisotopic (exact) mass is 342 g/mol. The molecule has 2 aliphatic rings. The van der Waals surface area contributed by atoms with E-state index in [2.05, 4.69) is 27.9 Å². The standard InChI is InChI=1S/C17H15ClN4O2/c1-2-11-12-7-10(9-20-15(12)8-13(11)18)14-3-4-19-16(21-14)22-5-6-24-17(22)23/h3-4,7,9H,2,5-6,8H2,1H3. The molecule has 0 unspecified atom stereocenters. The van der Waals surface area contributed by atoms with E-state index in [1.165, 1.54) is 4.90 Å². The van der Waals surface area contributed by atoms with Gasteiger partial charge in [0, 0.05) is 35.0 Å². The lowest BCUT2D eigenvalue weighted by molar-refractivity contribution is 0.181. The van der Waals surface area contributed by atoms with Gasteiger partial charge in [0.2, 0.25) is 5.95 Å². The third-order valence-electron chi connectivity index (χ3n) is 4.24. The summed E-state index contributed by atoms with van der Waals surface area (Å²) < 4.78 is 4.94. The number of halogens is 1. The number of aromatic nitrogens is 3. The molecule has 0 saturated carbocycles. The van der Waals surface area contributed by atoms with Crippen LogP contribution in [0.15, 0.2) is 29.6 Å². The molecule has 2 aromatic rings. The molecule has 2 aromatic heterocycles. The van der Waals surface area contributed by atoms with E-state index in [0.717, 1.165) is 33.8 Å². The number of amides is 1. The first kappa shape index (κ1) is 15.1. The molecule has 0 aromatic carbocycles. The van der Waals surface area contributed by atoms with Crippen LogP contribution in [0.25, 0.3) is 16.8 Å². The topological polar surface area (TPSA) is 68.2 Å². The molecule has 0 radical (unpaired) electrons. The van der Waals surface area contributed by atoms with Crippen LogP contribution in [0.4, 0.5) is 10.7 Å². The summed E-state index contributed by atoms with van der Waals surface area (Å²) in [5.41, 5.74) is 4.81. The number of pyridine rings is 1. The first-order chi connectivity index (χ1) is 11.7. The van der Waals surface area contributed by atoms with Crippen molar-refractivity contribution in [3.63, 3.8) is 0 Å². The van der Waals surface area contributed by atoms with Crippen molar-refractivity contribution >= 4 is 29.2 Å². The third-order valence-corrected chi connectivity index (χ3v) is 4.60. The van der Waals surface area contributed by atoms with Crippen LogP contribution in [0.1, 0.15) is 24.6 Å². The van der Waals surface area contributed by atoms with Crippen LogP contribution in [0.2, 0.25) is 0 Å². The fourth-order valence-corrected chi connectivity index (χ4v) is 3.39. The molecule has 4 rings (SSSR count). The predicted molar refractivity (Wildman–Crippen MR) is 90.7 cm³/mol. The van der Waals surface area contributed by atoms with Crippen LogP contribution in [-0.2, 0) is 11.2 Å². The second kappa shape index (κ2) is 5.87. The minimum atomic E-state index is -0.415. The van der Waals surface area contributed by atoms with Crippen molar-refractivity contribution in [2.24, 2.45) is 0 Å². The molecule has 24 heavy (non-hydrogen) atoms. The van der Waals surface area contributed by atoms with Crippen LogP contribution in [0, 0.1) is 0 Å². The van der Waals surface area contributed by atoms with Crippen LogP contribution in [0.5, 0.6) is 0 Å². The number of hydrogen-bond acceptors (Lipinski definition) is 5. The highest BCUT2D eigenvalue weighted by atomic mass is 35.5. The van der Waals surface area contributed by atoms with E-state index in [0.29, 0.717) is 31.2 Å². The summed E-state index contributed by atoms with van der Waals surface area (Å²) in [5.74, 6) is 0.347. The van der Waals surface area contributed by atoms with Gasteiger partial charge in [-0.3, -0.25) is 4.98 Å². The summed E-state index contributed by atoms with van der Waals surface area (Å²) in [5, 5.41) is 0.861. The number of cyclic esters (lactones) is 1. The highest BCUT2D eigenvalue weighted by Gasteiger charge is 2.26. The van der Waals surface area contributed by atoms with Gasteiger partial charge >= 0.3 is 6.09 Å².